The fourth-order valence-corrected chi connectivity index (χ4v) is 1.71. The largest absolute Gasteiger partial charge is 0.389 e. The molecular weight excluding hydrogens is 247 g/mol. The van der Waals surface area contributed by atoms with E-state index in [1.165, 1.54) is 12.3 Å². The molecule has 0 aromatic carbocycles. The number of anilines is 1. The highest BCUT2D eigenvalue weighted by Gasteiger charge is 2.26. The third kappa shape index (κ3) is 4.14. The standard InChI is InChI=1S/C11H14F3N3O/c12-11(13,14)4-1-8-2-5-15-10(16-8)17-9-3-6-18-7-9/h2,5,9H,1,3-4,6-7H2,(H,15,16,17). The lowest BCUT2D eigenvalue weighted by Crippen LogP contribution is -2.21. The number of rotatable bonds is 4. The summed E-state index contributed by atoms with van der Waals surface area (Å²) in [5.74, 6) is 0.366. The van der Waals surface area contributed by atoms with E-state index in [4.69, 9.17) is 4.74 Å². The fraction of sp³-hybridized carbons (Fsp3) is 0.636. The summed E-state index contributed by atoms with van der Waals surface area (Å²) in [6.07, 6.45) is -2.82. The van der Waals surface area contributed by atoms with Gasteiger partial charge in [0, 0.05) is 24.9 Å². The van der Waals surface area contributed by atoms with Crippen LogP contribution < -0.4 is 5.32 Å². The molecule has 1 aromatic rings. The summed E-state index contributed by atoms with van der Waals surface area (Å²) in [4.78, 5) is 8.05. The Morgan fingerprint density at radius 3 is 2.94 bits per heavy atom. The van der Waals surface area contributed by atoms with Gasteiger partial charge in [0.25, 0.3) is 0 Å². The highest BCUT2D eigenvalue weighted by Crippen LogP contribution is 2.21. The number of aryl methyl sites for hydroxylation is 1. The molecule has 2 rings (SSSR count). The Labute approximate surface area is 103 Å². The van der Waals surface area contributed by atoms with Crippen LogP contribution >= 0.6 is 0 Å². The zero-order chi connectivity index (χ0) is 13.0. The van der Waals surface area contributed by atoms with E-state index in [0.29, 0.717) is 24.9 Å². The first-order valence-corrected chi connectivity index (χ1v) is 5.76. The molecule has 1 aliphatic rings. The fourth-order valence-electron chi connectivity index (χ4n) is 1.71. The minimum absolute atomic E-state index is 0.123. The van der Waals surface area contributed by atoms with Gasteiger partial charge in [-0.05, 0) is 18.9 Å². The molecule has 1 aromatic heterocycles. The number of alkyl halides is 3. The maximum Gasteiger partial charge on any atom is 0.389 e. The van der Waals surface area contributed by atoms with Crippen LogP contribution in [0, 0.1) is 0 Å². The average molecular weight is 261 g/mol. The van der Waals surface area contributed by atoms with Crippen LogP contribution in [0.3, 0.4) is 0 Å². The van der Waals surface area contributed by atoms with Crippen LogP contribution in [0.2, 0.25) is 0 Å². The van der Waals surface area contributed by atoms with Gasteiger partial charge < -0.3 is 10.1 Å². The Morgan fingerprint density at radius 1 is 1.44 bits per heavy atom. The lowest BCUT2D eigenvalue weighted by molar-refractivity contribution is -0.134. The van der Waals surface area contributed by atoms with E-state index in [1.54, 1.807) is 0 Å². The van der Waals surface area contributed by atoms with Crippen molar-refractivity contribution in [2.45, 2.75) is 31.5 Å². The maximum atomic E-state index is 12.1. The zero-order valence-electron chi connectivity index (χ0n) is 9.70. The van der Waals surface area contributed by atoms with Crippen molar-refractivity contribution < 1.29 is 17.9 Å². The number of aromatic nitrogens is 2. The number of nitrogens with one attached hydrogen (secondary N) is 1. The molecule has 0 saturated carbocycles. The zero-order valence-corrected chi connectivity index (χ0v) is 9.70. The molecule has 0 spiro atoms. The summed E-state index contributed by atoms with van der Waals surface area (Å²) in [6.45, 7) is 1.27. The number of ether oxygens (including phenoxy) is 1. The molecule has 0 bridgehead atoms. The van der Waals surface area contributed by atoms with Crippen molar-refractivity contribution >= 4 is 5.95 Å². The first kappa shape index (κ1) is 13.1. The lowest BCUT2D eigenvalue weighted by Gasteiger charge is -2.11. The molecule has 100 valence electrons. The van der Waals surface area contributed by atoms with Gasteiger partial charge in [-0.2, -0.15) is 13.2 Å². The van der Waals surface area contributed by atoms with Crippen LogP contribution in [0.1, 0.15) is 18.5 Å². The Kier molecular flexibility index (Phi) is 4.00. The van der Waals surface area contributed by atoms with Gasteiger partial charge in [-0.3, -0.25) is 0 Å². The Bertz CT molecular complexity index is 391. The van der Waals surface area contributed by atoms with Gasteiger partial charge >= 0.3 is 6.18 Å². The molecule has 0 amide bonds. The van der Waals surface area contributed by atoms with E-state index in [9.17, 15) is 13.2 Å². The van der Waals surface area contributed by atoms with Crippen molar-refractivity contribution in [1.29, 1.82) is 0 Å². The summed E-state index contributed by atoms with van der Waals surface area (Å²) < 4.78 is 41.5. The first-order valence-electron chi connectivity index (χ1n) is 5.76. The molecule has 1 saturated heterocycles. The number of halogens is 3. The average Bonchev–Trinajstić information content (AvgIpc) is 2.79. The topological polar surface area (TPSA) is 47.0 Å². The van der Waals surface area contributed by atoms with E-state index >= 15 is 0 Å². The van der Waals surface area contributed by atoms with Gasteiger partial charge in [-0.15, -0.1) is 0 Å². The summed E-state index contributed by atoms with van der Waals surface area (Å²) >= 11 is 0. The summed E-state index contributed by atoms with van der Waals surface area (Å²) in [5.41, 5.74) is 0.392. The second kappa shape index (κ2) is 5.51. The normalized spacial score (nSPS) is 20.1. The summed E-state index contributed by atoms with van der Waals surface area (Å²) in [5, 5.41) is 3.05. The number of hydrogen-bond donors (Lipinski definition) is 1. The summed E-state index contributed by atoms with van der Waals surface area (Å²) in [7, 11) is 0. The molecular formula is C11H14F3N3O. The Hall–Kier alpha value is -1.37. The minimum Gasteiger partial charge on any atom is -0.379 e. The molecule has 4 nitrogen and oxygen atoms in total. The third-order valence-electron chi connectivity index (χ3n) is 2.64. The maximum absolute atomic E-state index is 12.1. The molecule has 1 atom stereocenters. The predicted molar refractivity (Wildman–Crippen MR) is 59.3 cm³/mol. The van der Waals surface area contributed by atoms with E-state index < -0.39 is 12.6 Å². The minimum atomic E-state index is -4.15. The summed E-state index contributed by atoms with van der Waals surface area (Å²) in [6, 6.07) is 1.64. The number of hydrogen-bond acceptors (Lipinski definition) is 4. The van der Waals surface area contributed by atoms with Gasteiger partial charge in [0.1, 0.15) is 0 Å². The van der Waals surface area contributed by atoms with Crippen LogP contribution in [-0.2, 0) is 11.2 Å². The molecule has 18 heavy (non-hydrogen) atoms. The van der Waals surface area contributed by atoms with Gasteiger partial charge in [0.2, 0.25) is 5.95 Å². The monoisotopic (exact) mass is 261 g/mol. The van der Waals surface area contributed by atoms with Crippen molar-refractivity contribution in [1.82, 2.24) is 9.97 Å². The van der Waals surface area contributed by atoms with Gasteiger partial charge in [0.15, 0.2) is 0 Å². The van der Waals surface area contributed by atoms with E-state index in [0.717, 1.165) is 6.42 Å². The van der Waals surface area contributed by atoms with Gasteiger partial charge in [0.05, 0.1) is 12.6 Å². The van der Waals surface area contributed by atoms with Crippen LogP contribution in [-0.4, -0.2) is 35.4 Å². The van der Waals surface area contributed by atoms with Crippen molar-refractivity contribution in [3.63, 3.8) is 0 Å². The van der Waals surface area contributed by atoms with Gasteiger partial charge in [-0.1, -0.05) is 0 Å². The third-order valence-corrected chi connectivity index (χ3v) is 2.64. The number of nitrogens with zero attached hydrogens (tertiary/aromatic N) is 2. The predicted octanol–water partition coefficient (Wildman–Crippen LogP) is 2.17. The second-order valence-corrected chi connectivity index (χ2v) is 4.19. The van der Waals surface area contributed by atoms with Crippen LogP contribution in [0.5, 0.6) is 0 Å². The smallest absolute Gasteiger partial charge is 0.379 e. The molecule has 0 aliphatic carbocycles. The molecule has 1 N–H and O–H groups in total. The van der Waals surface area contributed by atoms with Crippen molar-refractivity contribution in [2.24, 2.45) is 0 Å². The van der Waals surface area contributed by atoms with E-state index in [-0.39, 0.29) is 12.5 Å². The Morgan fingerprint density at radius 2 is 2.28 bits per heavy atom. The molecule has 0 radical (unpaired) electrons. The highest BCUT2D eigenvalue weighted by atomic mass is 19.4. The molecule has 1 aliphatic heterocycles. The van der Waals surface area contributed by atoms with Gasteiger partial charge in [-0.25, -0.2) is 9.97 Å². The molecule has 7 heteroatoms. The van der Waals surface area contributed by atoms with E-state index in [1.807, 2.05) is 0 Å². The van der Waals surface area contributed by atoms with Crippen molar-refractivity contribution in [3.05, 3.63) is 18.0 Å². The van der Waals surface area contributed by atoms with Crippen molar-refractivity contribution in [3.8, 4) is 0 Å². The Balaban J connectivity index is 1.92. The second-order valence-electron chi connectivity index (χ2n) is 4.19. The van der Waals surface area contributed by atoms with E-state index in [2.05, 4.69) is 15.3 Å². The van der Waals surface area contributed by atoms with Crippen LogP contribution in [0.15, 0.2) is 12.3 Å². The SMILES string of the molecule is FC(F)(F)CCc1ccnc(NC2CCOC2)n1. The van der Waals surface area contributed by atoms with Crippen molar-refractivity contribution in [2.75, 3.05) is 18.5 Å². The first-order chi connectivity index (χ1) is 8.53. The molecule has 1 unspecified atom stereocenters. The van der Waals surface area contributed by atoms with Crippen LogP contribution in [0.25, 0.3) is 0 Å². The highest BCUT2D eigenvalue weighted by molar-refractivity contribution is 5.27. The van der Waals surface area contributed by atoms with Crippen LogP contribution in [0.4, 0.5) is 19.1 Å². The molecule has 2 heterocycles. The molecule has 1 fully saturated rings. The quantitative estimate of drug-likeness (QED) is 0.902. The lowest BCUT2D eigenvalue weighted by atomic mass is 10.2.